The second-order valence-corrected chi connectivity index (χ2v) is 9.78. The van der Waals surface area contributed by atoms with Crippen LogP contribution in [0.1, 0.15) is 50.5 Å². The van der Waals surface area contributed by atoms with Crippen molar-refractivity contribution in [2.75, 3.05) is 26.3 Å². The molecule has 7 heteroatoms. The van der Waals surface area contributed by atoms with Gasteiger partial charge in [0, 0.05) is 30.7 Å². The number of carbonyl (C=O) groups excluding carboxylic acids is 1. The molecule has 4 atom stereocenters. The van der Waals surface area contributed by atoms with Gasteiger partial charge in [0.05, 0.1) is 37.9 Å². The van der Waals surface area contributed by atoms with Crippen molar-refractivity contribution in [2.24, 2.45) is 5.92 Å². The zero-order chi connectivity index (χ0) is 21.6. The molecule has 3 aliphatic rings. The molecule has 2 aliphatic heterocycles. The Morgan fingerprint density at radius 1 is 1.13 bits per heavy atom. The lowest BCUT2D eigenvalue weighted by atomic mass is 9.93. The molecule has 0 radical (unpaired) electrons. The van der Waals surface area contributed by atoms with E-state index in [1.165, 1.54) is 25.7 Å². The van der Waals surface area contributed by atoms with Gasteiger partial charge >= 0.3 is 0 Å². The third kappa shape index (κ3) is 6.65. The molecule has 31 heavy (non-hydrogen) atoms. The van der Waals surface area contributed by atoms with E-state index < -0.39 is 6.10 Å². The monoisotopic (exact) mass is 450 g/mol. The van der Waals surface area contributed by atoms with Gasteiger partial charge in [0.1, 0.15) is 0 Å². The topological polar surface area (TPSA) is 71.0 Å². The minimum absolute atomic E-state index is 0.00314. The molecule has 4 rings (SSSR count). The van der Waals surface area contributed by atoms with E-state index in [2.05, 4.69) is 10.2 Å². The highest BCUT2D eigenvalue weighted by atomic mass is 35.5. The average molecular weight is 451 g/mol. The van der Waals surface area contributed by atoms with Crippen molar-refractivity contribution in [2.45, 2.75) is 75.8 Å². The number of amides is 1. The Bertz CT molecular complexity index is 710. The third-order valence-corrected chi connectivity index (χ3v) is 7.12. The molecule has 1 amide bonds. The van der Waals surface area contributed by atoms with Crippen LogP contribution in [0, 0.1) is 5.92 Å². The zero-order valence-electron chi connectivity index (χ0n) is 18.2. The van der Waals surface area contributed by atoms with Crippen LogP contribution in [0.25, 0.3) is 0 Å². The van der Waals surface area contributed by atoms with Crippen LogP contribution in [-0.2, 0) is 20.8 Å². The molecule has 1 aromatic carbocycles. The van der Waals surface area contributed by atoms with Crippen LogP contribution in [0.4, 0.5) is 0 Å². The predicted molar refractivity (Wildman–Crippen MR) is 120 cm³/mol. The fraction of sp³-hybridized carbons (Fsp3) is 0.708. The van der Waals surface area contributed by atoms with E-state index in [9.17, 15) is 9.90 Å². The number of benzene rings is 1. The van der Waals surface area contributed by atoms with Crippen molar-refractivity contribution >= 4 is 17.5 Å². The van der Waals surface area contributed by atoms with Crippen LogP contribution in [0.3, 0.4) is 0 Å². The third-order valence-electron chi connectivity index (χ3n) is 6.87. The van der Waals surface area contributed by atoms with Gasteiger partial charge in [-0.2, -0.15) is 0 Å². The van der Waals surface area contributed by atoms with Gasteiger partial charge in [0.2, 0.25) is 5.91 Å². The summed E-state index contributed by atoms with van der Waals surface area (Å²) in [5, 5.41) is 14.0. The molecule has 0 bridgehead atoms. The molecule has 1 saturated carbocycles. The number of β-amino-alcohol motifs (C(OH)–C–C–N with tert-alkyl or cyclic N) is 1. The number of fused-ring (bicyclic) bond motifs is 1. The summed E-state index contributed by atoms with van der Waals surface area (Å²) in [6.07, 6.45) is 6.83. The highest BCUT2D eigenvalue weighted by molar-refractivity contribution is 6.30. The number of aliphatic hydroxyl groups excluding tert-OH is 1. The van der Waals surface area contributed by atoms with Crippen molar-refractivity contribution in [3.8, 4) is 0 Å². The number of rotatable bonds is 6. The summed E-state index contributed by atoms with van der Waals surface area (Å²) in [7, 11) is 0. The normalized spacial score (nSPS) is 30.4. The number of nitrogens with one attached hydrogen (secondary N) is 1. The highest BCUT2D eigenvalue weighted by Gasteiger charge is 2.38. The van der Waals surface area contributed by atoms with Gasteiger partial charge in [0.15, 0.2) is 0 Å². The van der Waals surface area contributed by atoms with Crippen LogP contribution in [0.15, 0.2) is 24.3 Å². The second-order valence-electron chi connectivity index (χ2n) is 9.34. The van der Waals surface area contributed by atoms with Crippen LogP contribution < -0.4 is 5.32 Å². The quantitative estimate of drug-likeness (QED) is 0.696. The first-order valence-electron chi connectivity index (χ1n) is 11.7. The Hall–Kier alpha value is -1.18. The lowest BCUT2D eigenvalue weighted by Crippen LogP contribution is -2.56. The van der Waals surface area contributed by atoms with Gasteiger partial charge in [-0.1, -0.05) is 36.6 Å². The Kier molecular flexibility index (Phi) is 8.24. The van der Waals surface area contributed by atoms with Crippen LogP contribution >= 0.6 is 11.6 Å². The molecule has 6 nitrogen and oxygen atoms in total. The zero-order valence-corrected chi connectivity index (χ0v) is 18.9. The maximum absolute atomic E-state index is 12.5. The van der Waals surface area contributed by atoms with Crippen molar-refractivity contribution in [3.05, 3.63) is 34.9 Å². The molecule has 2 N–H and O–H groups in total. The first-order valence-corrected chi connectivity index (χ1v) is 12.1. The first-order chi connectivity index (χ1) is 15.1. The van der Waals surface area contributed by atoms with Gasteiger partial charge in [0.25, 0.3) is 0 Å². The number of hydrogen-bond donors (Lipinski definition) is 2. The van der Waals surface area contributed by atoms with Crippen LogP contribution in [0.5, 0.6) is 0 Å². The molecular weight excluding hydrogens is 416 g/mol. The molecule has 2 heterocycles. The summed E-state index contributed by atoms with van der Waals surface area (Å²) in [5.74, 6) is 0.730. The van der Waals surface area contributed by atoms with Gasteiger partial charge in [-0.15, -0.1) is 0 Å². The number of carbonyl (C=O) groups is 1. The largest absolute Gasteiger partial charge is 0.389 e. The molecule has 172 valence electrons. The molecule has 0 spiro atoms. The Balaban J connectivity index is 1.29. The van der Waals surface area contributed by atoms with Gasteiger partial charge < -0.3 is 19.9 Å². The van der Waals surface area contributed by atoms with Gasteiger partial charge in [-0.05, 0) is 49.3 Å². The van der Waals surface area contributed by atoms with E-state index in [0.29, 0.717) is 37.7 Å². The maximum atomic E-state index is 12.5. The minimum atomic E-state index is -0.446. The van der Waals surface area contributed by atoms with E-state index in [-0.39, 0.29) is 24.2 Å². The van der Waals surface area contributed by atoms with Crippen molar-refractivity contribution in [3.63, 3.8) is 0 Å². The number of halogens is 1. The summed E-state index contributed by atoms with van der Waals surface area (Å²) >= 11 is 5.91. The Labute approximate surface area is 190 Å². The van der Waals surface area contributed by atoms with E-state index in [4.69, 9.17) is 21.1 Å². The molecule has 1 aromatic rings. The first kappa shape index (κ1) is 23.0. The number of aliphatic hydroxyl groups is 1. The van der Waals surface area contributed by atoms with Gasteiger partial charge in [-0.25, -0.2) is 0 Å². The molecular formula is C24H35ClN2O4. The predicted octanol–water partition coefficient (Wildman–Crippen LogP) is 3.15. The fourth-order valence-corrected chi connectivity index (χ4v) is 5.39. The maximum Gasteiger partial charge on any atom is 0.222 e. The van der Waals surface area contributed by atoms with E-state index >= 15 is 0 Å². The lowest BCUT2D eigenvalue weighted by Gasteiger charge is -2.45. The number of nitrogens with zero attached hydrogens (tertiary/aromatic N) is 1. The molecule has 2 saturated heterocycles. The number of ether oxygens (including phenoxy) is 2. The van der Waals surface area contributed by atoms with Crippen molar-refractivity contribution in [1.82, 2.24) is 10.2 Å². The number of hydrogen-bond acceptors (Lipinski definition) is 5. The van der Waals surface area contributed by atoms with Crippen molar-refractivity contribution in [1.29, 1.82) is 0 Å². The van der Waals surface area contributed by atoms with Crippen molar-refractivity contribution < 1.29 is 19.4 Å². The summed E-state index contributed by atoms with van der Waals surface area (Å²) < 4.78 is 12.1. The summed E-state index contributed by atoms with van der Waals surface area (Å²) in [4.78, 5) is 14.9. The lowest BCUT2D eigenvalue weighted by molar-refractivity contribution is -0.158. The SMILES string of the molecule is O=C(C[C@H]1CC[C@@H]2[C@H](COC[C@@H](O)CN2CC2CCCC2)O1)NCc1ccc(Cl)cc1. The fourth-order valence-electron chi connectivity index (χ4n) is 5.26. The molecule has 3 fully saturated rings. The Morgan fingerprint density at radius 3 is 2.68 bits per heavy atom. The Morgan fingerprint density at radius 2 is 1.90 bits per heavy atom. The van der Waals surface area contributed by atoms with E-state index in [0.717, 1.165) is 30.9 Å². The highest BCUT2D eigenvalue weighted by Crippen LogP contribution is 2.31. The standard InChI is InChI=1S/C24H35ClN2O4/c25-19-7-5-17(6-8-19)12-26-24(29)11-21-9-10-22-23(31-21)16-30-15-20(28)14-27(22)13-18-3-1-2-4-18/h5-8,18,20-23,28H,1-4,9-16H2,(H,26,29)/t20-,21+,22+,23-/m0/s1. The van der Waals surface area contributed by atoms with Crippen LogP contribution in [-0.4, -0.2) is 66.6 Å². The smallest absolute Gasteiger partial charge is 0.222 e. The summed E-state index contributed by atoms with van der Waals surface area (Å²) in [5.41, 5.74) is 1.02. The summed E-state index contributed by atoms with van der Waals surface area (Å²) in [6, 6.07) is 7.75. The van der Waals surface area contributed by atoms with Gasteiger partial charge in [-0.3, -0.25) is 9.69 Å². The molecule has 0 aromatic heterocycles. The minimum Gasteiger partial charge on any atom is -0.389 e. The van der Waals surface area contributed by atoms with E-state index in [1.54, 1.807) is 0 Å². The van der Waals surface area contributed by atoms with E-state index in [1.807, 2.05) is 24.3 Å². The second kappa shape index (κ2) is 11.1. The van der Waals surface area contributed by atoms with Crippen LogP contribution in [0.2, 0.25) is 5.02 Å². The molecule has 1 aliphatic carbocycles. The summed E-state index contributed by atoms with van der Waals surface area (Å²) in [6.45, 7) is 3.00. The molecule has 0 unspecified atom stereocenters. The average Bonchev–Trinajstić information content (AvgIpc) is 3.25.